The van der Waals surface area contributed by atoms with Crippen molar-refractivity contribution in [1.29, 1.82) is 0 Å². The lowest BCUT2D eigenvalue weighted by atomic mass is 9.93. The van der Waals surface area contributed by atoms with Crippen LogP contribution in [0.2, 0.25) is 0 Å². The van der Waals surface area contributed by atoms with Crippen molar-refractivity contribution < 1.29 is 18.3 Å². The molecule has 1 saturated carbocycles. The highest BCUT2D eigenvalue weighted by molar-refractivity contribution is 5.56. The van der Waals surface area contributed by atoms with Gasteiger partial charge in [-0.2, -0.15) is 0 Å². The lowest BCUT2D eigenvalue weighted by Gasteiger charge is -2.16. The molecule has 5 heteroatoms. The quantitative estimate of drug-likeness (QED) is 0.883. The summed E-state index contributed by atoms with van der Waals surface area (Å²) in [6.07, 6.45) is -0.658. The molecule has 3 nitrogen and oxygen atoms in total. The van der Waals surface area contributed by atoms with Crippen molar-refractivity contribution in [2.75, 3.05) is 13.3 Å². The van der Waals surface area contributed by atoms with Crippen LogP contribution < -0.4 is 15.2 Å². The average molecular weight is 241 g/mol. The lowest BCUT2D eigenvalue weighted by molar-refractivity contribution is 0.150. The number of hydrogen-bond donors (Lipinski definition) is 1. The van der Waals surface area contributed by atoms with Gasteiger partial charge in [0.2, 0.25) is 6.79 Å². The summed E-state index contributed by atoms with van der Waals surface area (Å²) in [4.78, 5) is 0. The molecule has 1 fully saturated rings. The molecule has 17 heavy (non-hydrogen) atoms. The van der Waals surface area contributed by atoms with Gasteiger partial charge in [-0.15, -0.1) is 0 Å². The zero-order valence-corrected chi connectivity index (χ0v) is 9.21. The van der Waals surface area contributed by atoms with E-state index in [1.54, 1.807) is 0 Å². The molecule has 0 saturated heterocycles. The molecular weight excluding hydrogens is 228 g/mol. The van der Waals surface area contributed by atoms with Gasteiger partial charge in [0, 0.05) is 23.1 Å². The van der Waals surface area contributed by atoms with Crippen LogP contribution in [0.15, 0.2) is 12.1 Å². The Morgan fingerprint density at radius 3 is 2.65 bits per heavy atom. The first-order chi connectivity index (χ1) is 8.16. The maximum Gasteiger partial charge on any atom is 0.263 e. The number of benzene rings is 1. The van der Waals surface area contributed by atoms with Crippen LogP contribution in [0, 0.1) is 0 Å². The maximum atomic E-state index is 12.8. The second-order valence-corrected chi connectivity index (χ2v) is 4.59. The fourth-order valence-corrected chi connectivity index (χ4v) is 2.29. The third-order valence-corrected chi connectivity index (χ3v) is 3.56. The van der Waals surface area contributed by atoms with Gasteiger partial charge in [-0.05, 0) is 25.0 Å². The number of nitrogens with two attached hydrogens (primary N) is 1. The van der Waals surface area contributed by atoms with E-state index < -0.39 is 6.43 Å². The average Bonchev–Trinajstić information content (AvgIpc) is 2.98. The Morgan fingerprint density at radius 1 is 1.29 bits per heavy atom. The molecule has 1 aromatic rings. The number of rotatable bonds is 3. The monoisotopic (exact) mass is 241 g/mol. The highest BCUT2D eigenvalue weighted by Crippen LogP contribution is 2.54. The first-order valence-electron chi connectivity index (χ1n) is 5.58. The molecule has 2 N–H and O–H groups in total. The second-order valence-electron chi connectivity index (χ2n) is 4.59. The Morgan fingerprint density at radius 2 is 2.06 bits per heavy atom. The Hall–Kier alpha value is -1.36. The Balaban J connectivity index is 2.13. The maximum absolute atomic E-state index is 12.8. The van der Waals surface area contributed by atoms with Gasteiger partial charge in [-0.25, -0.2) is 8.78 Å². The Kier molecular flexibility index (Phi) is 2.26. The normalized spacial score (nSPS) is 19.8. The molecular formula is C12H13F2NO2. The molecule has 0 aromatic heterocycles. The largest absolute Gasteiger partial charge is 0.454 e. The Bertz CT molecular complexity index is 458. The number of halogens is 2. The fourth-order valence-electron chi connectivity index (χ4n) is 2.29. The summed E-state index contributed by atoms with van der Waals surface area (Å²) in [7, 11) is 0. The zero-order valence-electron chi connectivity index (χ0n) is 9.21. The first kappa shape index (κ1) is 10.8. The lowest BCUT2D eigenvalue weighted by Crippen LogP contribution is -2.20. The smallest absolute Gasteiger partial charge is 0.263 e. The highest BCUT2D eigenvalue weighted by atomic mass is 19.3. The molecule has 3 rings (SSSR count). The number of hydrogen-bond acceptors (Lipinski definition) is 3. The van der Waals surface area contributed by atoms with Crippen LogP contribution in [0.25, 0.3) is 0 Å². The van der Waals surface area contributed by atoms with E-state index in [1.165, 1.54) is 12.1 Å². The summed E-state index contributed by atoms with van der Waals surface area (Å²) < 4.78 is 36.2. The van der Waals surface area contributed by atoms with Crippen molar-refractivity contribution in [3.8, 4) is 11.5 Å². The third kappa shape index (κ3) is 1.57. The summed E-state index contributed by atoms with van der Waals surface area (Å²) in [6.45, 7) is 0.547. The minimum absolute atomic E-state index is 0.0241. The van der Waals surface area contributed by atoms with Gasteiger partial charge in [0.25, 0.3) is 6.43 Å². The topological polar surface area (TPSA) is 44.5 Å². The van der Waals surface area contributed by atoms with Crippen molar-refractivity contribution in [3.05, 3.63) is 23.3 Å². The van der Waals surface area contributed by atoms with Crippen LogP contribution in [0.5, 0.6) is 11.5 Å². The molecule has 1 aliphatic carbocycles. The minimum atomic E-state index is -2.50. The van der Waals surface area contributed by atoms with Crippen molar-refractivity contribution in [2.24, 2.45) is 5.73 Å². The standard InChI is InChI=1S/C12H13F2NO2/c13-11(14)7-3-8(12(5-15)1-2-12)10-9(4-7)16-6-17-10/h3-4,11H,1-2,5-6,15H2. The van der Waals surface area contributed by atoms with Crippen LogP contribution in [-0.2, 0) is 5.41 Å². The first-order valence-corrected chi connectivity index (χ1v) is 5.58. The van der Waals surface area contributed by atoms with Crippen molar-refractivity contribution in [3.63, 3.8) is 0 Å². The van der Waals surface area contributed by atoms with E-state index in [4.69, 9.17) is 15.2 Å². The summed E-state index contributed by atoms with van der Waals surface area (Å²) in [5.41, 5.74) is 6.32. The van der Waals surface area contributed by atoms with E-state index in [2.05, 4.69) is 0 Å². The van der Waals surface area contributed by atoms with Crippen molar-refractivity contribution in [1.82, 2.24) is 0 Å². The van der Waals surface area contributed by atoms with Gasteiger partial charge < -0.3 is 15.2 Å². The summed E-state index contributed by atoms with van der Waals surface area (Å²) in [6, 6.07) is 2.86. The molecule has 0 spiro atoms. The van der Waals surface area contributed by atoms with Gasteiger partial charge >= 0.3 is 0 Å². The number of fused-ring (bicyclic) bond motifs is 1. The third-order valence-electron chi connectivity index (χ3n) is 3.56. The van der Waals surface area contributed by atoms with Crippen molar-refractivity contribution in [2.45, 2.75) is 24.7 Å². The molecule has 2 aliphatic rings. The SMILES string of the molecule is NCC1(c2cc(C(F)F)cc3c2OCO3)CC1. The van der Waals surface area contributed by atoms with Gasteiger partial charge in [-0.3, -0.25) is 0 Å². The number of alkyl halides is 2. The molecule has 0 radical (unpaired) electrons. The molecule has 1 aliphatic heterocycles. The van der Waals surface area contributed by atoms with Gasteiger partial charge in [0.05, 0.1) is 0 Å². The van der Waals surface area contributed by atoms with Crippen LogP contribution in [0.4, 0.5) is 8.78 Å². The fraction of sp³-hybridized carbons (Fsp3) is 0.500. The Labute approximate surface area is 97.5 Å². The van der Waals surface area contributed by atoms with Crippen LogP contribution >= 0.6 is 0 Å². The molecule has 0 bridgehead atoms. The molecule has 1 heterocycles. The molecule has 92 valence electrons. The van der Waals surface area contributed by atoms with Gasteiger partial charge in [0.15, 0.2) is 11.5 Å². The second kappa shape index (κ2) is 3.57. The van der Waals surface area contributed by atoms with Crippen LogP contribution in [-0.4, -0.2) is 13.3 Å². The van der Waals surface area contributed by atoms with E-state index in [9.17, 15) is 8.78 Å². The van der Waals surface area contributed by atoms with E-state index in [0.717, 1.165) is 18.4 Å². The number of ether oxygens (including phenoxy) is 2. The zero-order chi connectivity index (χ0) is 12.0. The van der Waals surface area contributed by atoms with E-state index in [-0.39, 0.29) is 17.8 Å². The summed E-state index contributed by atoms with van der Waals surface area (Å²) in [5, 5.41) is 0. The highest BCUT2D eigenvalue weighted by Gasteiger charge is 2.46. The molecule has 1 aromatic carbocycles. The molecule has 0 unspecified atom stereocenters. The van der Waals surface area contributed by atoms with Crippen LogP contribution in [0.1, 0.15) is 30.4 Å². The van der Waals surface area contributed by atoms with Crippen LogP contribution in [0.3, 0.4) is 0 Å². The van der Waals surface area contributed by atoms with E-state index in [1.807, 2.05) is 0 Å². The predicted molar refractivity (Wildman–Crippen MR) is 57.5 cm³/mol. The summed E-state index contributed by atoms with van der Waals surface area (Å²) >= 11 is 0. The predicted octanol–water partition coefficient (Wildman–Crippen LogP) is 2.34. The van der Waals surface area contributed by atoms with Gasteiger partial charge in [-0.1, -0.05) is 0 Å². The molecule has 0 atom stereocenters. The minimum Gasteiger partial charge on any atom is -0.454 e. The summed E-state index contributed by atoms with van der Waals surface area (Å²) in [5.74, 6) is 1.01. The molecule has 0 amide bonds. The van der Waals surface area contributed by atoms with E-state index >= 15 is 0 Å². The van der Waals surface area contributed by atoms with Gasteiger partial charge in [0.1, 0.15) is 0 Å². The van der Waals surface area contributed by atoms with Crippen molar-refractivity contribution >= 4 is 0 Å². The van der Waals surface area contributed by atoms with E-state index in [0.29, 0.717) is 18.0 Å².